The molecular weight excluding hydrogens is 396 g/mol. The lowest BCUT2D eigenvalue weighted by Gasteiger charge is -2.29. The Morgan fingerprint density at radius 1 is 1.19 bits per heavy atom. The molecule has 6 heteroatoms. The third-order valence-electron chi connectivity index (χ3n) is 5.89. The summed E-state index contributed by atoms with van der Waals surface area (Å²) in [4.78, 5) is 15.5. The second-order valence-electron chi connectivity index (χ2n) is 8.15. The highest BCUT2D eigenvalue weighted by Crippen LogP contribution is 2.42. The van der Waals surface area contributed by atoms with Gasteiger partial charge in [0.25, 0.3) is 0 Å². The molecule has 2 aliphatic heterocycles. The number of aromatic amines is 1. The molecule has 32 heavy (non-hydrogen) atoms. The maximum Gasteiger partial charge on any atom is 0.160 e. The van der Waals surface area contributed by atoms with Crippen LogP contribution in [-0.4, -0.2) is 32.6 Å². The Morgan fingerprint density at radius 2 is 2.06 bits per heavy atom. The van der Waals surface area contributed by atoms with Crippen molar-refractivity contribution >= 4 is 23.1 Å². The highest BCUT2D eigenvalue weighted by atomic mass is 15.3. The van der Waals surface area contributed by atoms with Crippen molar-refractivity contribution in [2.24, 2.45) is 5.10 Å². The maximum atomic E-state index is 5.02. The summed E-state index contributed by atoms with van der Waals surface area (Å²) in [5.74, 6) is 1.16. The number of allylic oxidation sites excluding steroid dienone is 4. The lowest BCUT2D eigenvalue weighted by Crippen LogP contribution is -2.21. The fourth-order valence-corrected chi connectivity index (χ4v) is 3.98. The van der Waals surface area contributed by atoms with Crippen LogP contribution in [0.15, 0.2) is 79.4 Å². The zero-order valence-electron chi connectivity index (χ0n) is 18.0. The van der Waals surface area contributed by atoms with Crippen molar-refractivity contribution in [3.05, 3.63) is 103 Å². The number of rotatable bonds is 6. The van der Waals surface area contributed by atoms with E-state index >= 15 is 0 Å². The van der Waals surface area contributed by atoms with Crippen LogP contribution in [0.5, 0.6) is 0 Å². The number of nitrogens with zero attached hydrogens (tertiary/aromatic N) is 4. The third kappa shape index (κ3) is 3.75. The summed E-state index contributed by atoms with van der Waals surface area (Å²) in [5, 5.41) is 4.12. The molecule has 0 spiro atoms. The quantitative estimate of drug-likeness (QED) is 0.645. The zero-order chi connectivity index (χ0) is 22.1. The SMILES string of the molecule is C=CCCN1C=C(c2cc(C3CC3)nc(/C3=C/C=N\N/C=C\C3=C)n2)c2cc[nH]c2C1=C. The van der Waals surface area contributed by atoms with E-state index in [9.17, 15) is 0 Å². The highest BCUT2D eigenvalue weighted by Gasteiger charge is 2.29. The van der Waals surface area contributed by atoms with E-state index in [1.165, 1.54) is 0 Å². The molecule has 0 radical (unpaired) electrons. The first kappa shape index (κ1) is 20.0. The van der Waals surface area contributed by atoms with Gasteiger partial charge in [0, 0.05) is 59.7 Å². The lowest BCUT2D eigenvalue weighted by atomic mass is 9.97. The summed E-state index contributed by atoms with van der Waals surface area (Å²) in [6.45, 7) is 13.2. The van der Waals surface area contributed by atoms with Crippen molar-refractivity contribution in [2.45, 2.75) is 25.2 Å². The predicted octanol–water partition coefficient (Wildman–Crippen LogP) is 4.98. The van der Waals surface area contributed by atoms with Gasteiger partial charge in [-0.1, -0.05) is 19.2 Å². The second-order valence-corrected chi connectivity index (χ2v) is 8.15. The summed E-state index contributed by atoms with van der Waals surface area (Å²) in [6, 6.07) is 4.23. The van der Waals surface area contributed by atoms with Gasteiger partial charge in [-0.3, -0.25) is 5.43 Å². The Labute approximate surface area is 188 Å². The largest absolute Gasteiger partial charge is 0.359 e. The van der Waals surface area contributed by atoms with E-state index in [0.29, 0.717) is 11.7 Å². The second kappa shape index (κ2) is 8.30. The number of hydrogen-bond donors (Lipinski definition) is 2. The molecule has 0 atom stereocenters. The molecule has 2 aromatic rings. The van der Waals surface area contributed by atoms with Crippen LogP contribution in [0.2, 0.25) is 0 Å². The summed E-state index contributed by atoms with van der Waals surface area (Å²) < 4.78 is 0. The molecule has 5 rings (SSSR count). The van der Waals surface area contributed by atoms with E-state index in [2.05, 4.69) is 58.5 Å². The normalized spacial score (nSPS) is 21.4. The van der Waals surface area contributed by atoms with Gasteiger partial charge in [-0.25, -0.2) is 9.97 Å². The van der Waals surface area contributed by atoms with Crippen LogP contribution in [0.25, 0.3) is 16.8 Å². The fourth-order valence-electron chi connectivity index (χ4n) is 3.98. The van der Waals surface area contributed by atoms with Crippen LogP contribution >= 0.6 is 0 Å². The Kier molecular flexibility index (Phi) is 5.19. The first-order valence-corrected chi connectivity index (χ1v) is 10.9. The number of hydrogen-bond acceptors (Lipinski definition) is 5. The lowest BCUT2D eigenvalue weighted by molar-refractivity contribution is 0.535. The Balaban J connectivity index is 1.64. The topological polar surface area (TPSA) is 69.2 Å². The van der Waals surface area contributed by atoms with Gasteiger partial charge in [0.2, 0.25) is 0 Å². The Morgan fingerprint density at radius 3 is 2.88 bits per heavy atom. The first-order valence-electron chi connectivity index (χ1n) is 10.9. The molecule has 2 aromatic heterocycles. The standard InChI is InChI=1S/C26H26N6/c1-4-5-14-32-16-22(21-9-11-27-25(21)18(32)3)24-15-23(19-6-7-19)30-26(31-24)20-10-13-29-28-12-8-17(20)2/h4,8-13,15-16,19,27-28H,1-3,5-7,14H2/b12-8-,20-10+,29-13-. The zero-order valence-corrected chi connectivity index (χ0v) is 18.0. The van der Waals surface area contributed by atoms with Crippen molar-refractivity contribution < 1.29 is 0 Å². The van der Waals surface area contributed by atoms with E-state index in [-0.39, 0.29) is 0 Å². The average Bonchev–Trinajstić information content (AvgIpc) is 3.52. The average molecular weight is 423 g/mol. The van der Waals surface area contributed by atoms with E-state index < -0.39 is 0 Å². The van der Waals surface area contributed by atoms with Gasteiger partial charge in [-0.2, -0.15) is 5.10 Å². The number of nitrogens with one attached hydrogen (secondary N) is 2. The van der Waals surface area contributed by atoms with Crippen LogP contribution in [0.1, 0.15) is 53.7 Å². The van der Waals surface area contributed by atoms with E-state index in [0.717, 1.165) is 70.9 Å². The third-order valence-corrected chi connectivity index (χ3v) is 5.89. The molecule has 2 N–H and O–H groups in total. The van der Waals surface area contributed by atoms with E-state index in [4.69, 9.17) is 9.97 Å². The molecule has 0 aromatic carbocycles. The minimum absolute atomic E-state index is 0.491. The van der Waals surface area contributed by atoms with Gasteiger partial charge in [0.05, 0.1) is 17.1 Å². The number of aromatic nitrogens is 3. The molecule has 1 fully saturated rings. The van der Waals surface area contributed by atoms with Gasteiger partial charge >= 0.3 is 0 Å². The minimum Gasteiger partial charge on any atom is -0.359 e. The minimum atomic E-state index is 0.491. The van der Waals surface area contributed by atoms with Crippen LogP contribution in [-0.2, 0) is 0 Å². The molecule has 160 valence electrons. The van der Waals surface area contributed by atoms with Gasteiger partial charge in [0.1, 0.15) is 0 Å². The van der Waals surface area contributed by atoms with Gasteiger partial charge in [-0.05, 0) is 49.1 Å². The van der Waals surface area contributed by atoms with Crippen LogP contribution < -0.4 is 5.43 Å². The maximum absolute atomic E-state index is 5.02. The van der Waals surface area contributed by atoms with Crippen molar-refractivity contribution in [3.63, 3.8) is 0 Å². The molecule has 1 aliphatic carbocycles. The highest BCUT2D eigenvalue weighted by molar-refractivity contribution is 5.92. The first-order chi connectivity index (χ1) is 15.7. The molecule has 4 heterocycles. The molecule has 3 aliphatic rings. The van der Waals surface area contributed by atoms with Gasteiger partial charge in [0.15, 0.2) is 5.82 Å². The molecule has 0 amide bonds. The molecule has 0 unspecified atom stereocenters. The molecule has 1 saturated carbocycles. The van der Waals surface area contributed by atoms with Crippen molar-refractivity contribution in [1.29, 1.82) is 0 Å². The number of fused-ring (bicyclic) bond motifs is 1. The van der Waals surface area contributed by atoms with E-state index in [1.807, 2.05) is 24.4 Å². The van der Waals surface area contributed by atoms with Crippen molar-refractivity contribution in [1.82, 2.24) is 25.3 Å². The summed E-state index contributed by atoms with van der Waals surface area (Å²) in [7, 11) is 0. The molecule has 0 saturated heterocycles. The molecule has 0 bridgehead atoms. The number of H-pyrrole nitrogens is 1. The summed E-state index contributed by atoms with van der Waals surface area (Å²) in [5.41, 5.74) is 10.7. The van der Waals surface area contributed by atoms with Crippen LogP contribution in [0, 0.1) is 0 Å². The van der Waals surface area contributed by atoms with Crippen LogP contribution in [0.3, 0.4) is 0 Å². The summed E-state index contributed by atoms with van der Waals surface area (Å²) in [6.07, 6.45) is 16.5. The molecular formula is C26H26N6. The summed E-state index contributed by atoms with van der Waals surface area (Å²) >= 11 is 0. The van der Waals surface area contributed by atoms with Crippen molar-refractivity contribution in [2.75, 3.05) is 6.54 Å². The van der Waals surface area contributed by atoms with Gasteiger partial charge in [-0.15, -0.1) is 6.58 Å². The van der Waals surface area contributed by atoms with Crippen LogP contribution in [0.4, 0.5) is 0 Å². The fraction of sp³-hybridized carbons (Fsp3) is 0.192. The van der Waals surface area contributed by atoms with E-state index in [1.54, 1.807) is 12.4 Å². The van der Waals surface area contributed by atoms with Gasteiger partial charge < -0.3 is 9.88 Å². The molecule has 6 nitrogen and oxygen atoms in total. The Bertz CT molecular complexity index is 1220. The smallest absolute Gasteiger partial charge is 0.160 e. The van der Waals surface area contributed by atoms with Crippen molar-refractivity contribution in [3.8, 4) is 0 Å². The predicted molar refractivity (Wildman–Crippen MR) is 130 cm³/mol. The Hall–Kier alpha value is -3.93. The monoisotopic (exact) mass is 422 g/mol. The number of hydrazone groups is 1.